The van der Waals surface area contributed by atoms with Crippen LogP contribution in [-0.4, -0.2) is 77.9 Å². The van der Waals surface area contributed by atoms with E-state index in [9.17, 15) is 0 Å². The van der Waals surface area contributed by atoms with Crippen LogP contribution < -0.4 is 9.47 Å². The minimum absolute atomic E-state index is 0.460. The zero-order valence-electron chi connectivity index (χ0n) is 21.7. The summed E-state index contributed by atoms with van der Waals surface area (Å²) in [6.45, 7) is 6.39. The average molecular weight is 488 g/mol. The van der Waals surface area contributed by atoms with Gasteiger partial charge in [0.25, 0.3) is 0 Å². The zero-order chi connectivity index (χ0) is 24.6. The minimum atomic E-state index is 0.460. The number of ether oxygens (including phenoxy) is 2. The monoisotopic (exact) mass is 487 g/mol. The first-order chi connectivity index (χ1) is 17.6. The van der Waals surface area contributed by atoms with Crippen molar-refractivity contribution in [2.24, 2.45) is 5.92 Å². The molecule has 6 rings (SSSR count). The van der Waals surface area contributed by atoms with Gasteiger partial charge in [0.05, 0.1) is 24.2 Å². The molecule has 0 saturated heterocycles. The van der Waals surface area contributed by atoms with Crippen LogP contribution in [0.25, 0.3) is 21.8 Å². The van der Waals surface area contributed by atoms with E-state index in [0.717, 1.165) is 77.0 Å². The second-order valence-electron chi connectivity index (χ2n) is 10.7. The summed E-state index contributed by atoms with van der Waals surface area (Å²) in [5.41, 5.74) is 5.23. The molecular formula is C29H37N5O2. The molecule has 7 nitrogen and oxygen atoms in total. The first kappa shape index (κ1) is 23.4. The van der Waals surface area contributed by atoms with Gasteiger partial charge in [0.1, 0.15) is 0 Å². The Labute approximate surface area is 213 Å². The Morgan fingerprint density at radius 2 is 1.69 bits per heavy atom. The molecule has 0 bridgehead atoms. The van der Waals surface area contributed by atoms with E-state index in [2.05, 4.69) is 75.4 Å². The van der Waals surface area contributed by atoms with Crippen LogP contribution in [-0.2, 0) is 25.9 Å². The fourth-order valence-electron chi connectivity index (χ4n) is 5.99. The number of aryl methyl sites for hydroxylation is 1. The van der Waals surface area contributed by atoms with E-state index >= 15 is 0 Å². The molecule has 3 aromatic heterocycles. The van der Waals surface area contributed by atoms with Crippen LogP contribution in [0.5, 0.6) is 11.8 Å². The second-order valence-corrected chi connectivity index (χ2v) is 10.7. The van der Waals surface area contributed by atoms with Crippen LogP contribution in [0.1, 0.15) is 17.5 Å². The highest BCUT2D eigenvalue weighted by molar-refractivity contribution is 5.87. The van der Waals surface area contributed by atoms with Crippen LogP contribution in [0.15, 0.2) is 42.7 Å². The van der Waals surface area contributed by atoms with Crippen molar-refractivity contribution in [1.29, 1.82) is 0 Å². The van der Waals surface area contributed by atoms with Crippen molar-refractivity contribution in [2.75, 3.05) is 54.0 Å². The number of pyridine rings is 1. The summed E-state index contributed by atoms with van der Waals surface area (Å²) in [5.74, 6) is 2.59. The third-order valence-electron chi connectivity index (χ3n) is 7.75. The highest BCUT2D eigenvalue weighted by atomic mass is 16.5. The highest BCUT2D eigenvalue weighted by Crippen LogP contribution is 2.38. The molecule has 4 aromatic rings. The summed E-state index contributed by atoms with van der Waals surface area (Å²) in [5, 5.41) is 2.59. The second kappa shape index (κ2) is 9.79. The molecule has 0 fully saturated rings. The normalized spacial score (nSPS) is 17.4. The van der Waals surface area contributed by atoms with Gasteiger partial charge in [-0.3, -0.25) is 4.98 Å². The molecule has 190 valence electrons. The smallest absolute Gasteiger partial charge is 0.197 e. The largest absolute Gasteiger partial charge is 0.479 e. The Morgan fingerprint density at radius 1 is 0.917 bits per heavy atom. The first-order valence-corrected chi connectivity index (χ1v) is 13.2. The fourth-order valence-corrected chi connectivity index (χ4v) is 5.99. The predicted octanol–water partition coefficient (Wildman–Crippen LogP) is 4.06. The van der Waals surface area contributed by atoms with Crippen LogP contribution in [0, 0.1) is 5.92 Å². The molecule has 7 heteroatoms. The molecule has 0 saturated carbocycles. The molecule has 1 aromatic carbocycles. The molecule has 0 spiro atoms. The Bertz CT molecular complexity index is 1370. The highest BCUT2D eigenvalue weighted by Gasteiger charge is 2.28. The Morgan fingerprint density at radius 3 is 2.56 bits per heavy atom. The van der Waals surface area contributed by atoms with Crippen molar-refractivity contribution in [2.45, 2.75) is 32.4 Å². The van der Waals surface area contributed by atoms with E-state index in [0.29, 0.717) is 5.92 Å². The summed E-state index contributed by atoms with van der Waals surface area (Å²) in [6.07, 6.45) is 7.14. The van der Waals surface area contributed by atoms with E-state index in [-0.39, 0.29) is 0 Å². The van der Waals surface area contributed by atoms with Crippen LogP contribution in [0.3, 0.4) is 0 Å². The molecular weight excluding hydrogens is 450 g/mol. The summed E-state index contributed by atoms with van der Waals surface area (Å²) in [7, 11) is 6.46. The van der Waals surface area contributed by atoms with E-state index in [1.54, 1.807) is 0 Å². The van der Waals surface area contributed by atoms with Crippen molar-refractivity contribution < 1.29 is 9.47 Å². The van der Waals surface area contributed by atoms with E-state index < -0.39 is 0 Å². The number of hydrogen-bond donors (Lipinski definition) is 0. The molecule has 1 unspecified atom stereocenters. The van der Waals surface area contributed by atoms with Crippen molar-refractivity contribution in [3.05, 3.63) is 53.9 Å². The third-order valence-corrected chi connectivity index (χ3v) is 7.75. The molecule has 2 aliphatic rings. The maximum Gasteiger partial charge on any atom is 0.197 e. The molecule has 1 atom stereocenters. The van der Waals surface area contributed by atoms with E-state index in [4.69, 9.17) is 9.47 Å². The van der Waals surface area contributed by atoms with Crippen molar-refractivity contribution >= 4 is 21.8 Å². The standard InChI is InChI=1S/C29H37N5O2/c1-31(2)12-14-33-27-10-11-30-18-25(27)24-17-21(20-36-29(24)33)19-32(3)13-15-34-26-9-5-4-7-22(26)23-8-6-16-35-28(23)34/h4-5,7,9-11,18,21H,6,8,12-17,19-20H2,1-3H3. The van der Waals surface area contributed by atoms with Crippen LogP contribution in [0.4, 0.5) is 0 Å². The number of para-hydroxylation sites is 1. The summed E-state index contributed by atoms with van der Waals surface area (Å²) in [4.78, 5) is 9.10. The quantitative estimate of drug-likeness (QED) is 0.375. The molecule has 0 aliphatic carbocycles. The summed E-state index contributed by atoms with van der Waals surface area (Å²) < 4.78 is 17.3. The SMILES string of the molecule is CN(C)CCn1c2c(c3cnccc31)CC(CN(C)CCn1c3c(c4ccccc41)CCCO3)CO2. The molecule has 0 radical (unpaired) electrons. The van der Waals surface area contributed by atoms with Gasteiger partial charge in [0.2, 0.25) is 0 Å². The fraction of sp³-hybridized carbons (Fsp3) is 0.483. The summed E-state index contributed by atoms with van der Waals surface area (Å²) >= 11 is 0. The zero-order valence-corrected chi connectivity index (χ0v) is 21.7. The van der Waals surface area contributed by atoms with E-state index in [1.807, 2.05) is 12.4 Å². The number of rotatable bonds is 8. The lowest BCUT2D eigenvalue weighted by Crippen LogP contribution is -2.34. The Kier molecular flexibility index (Phi) is 6.36. The van der Waals surface area contributed by atoms with Gasteiger partial charge in [-0.15, -0.1) is 0 Å². The maximum atomic E-state index is 6.43. The lowest BCUT2D eigenvalue weighted by molar-refractivity contribution is 0.162. The molecule has 0 amide bonds. The minimum Gasteiger partial charge on any atom is -0.479 e. The van der Waals surface area contributed by atoms with Gasteiger partial charge in [0, 0.05) is 72.9 Å². The van der Waals surface area contributed by atoms with Gasteiger partial charge in [-0.25, -0.2) is 0 Å². The lowest BCUT2D eigenvalue weighted by Gasteiger charge is -2.29. The number of nitrogens with zero attached hydrogens (tertiary/aromatic N) is 5. The molecule has 0 N–H and O–H groups in total. The van der Waals surface area contributed by atoms with Gasteiger partial charge in [-0.2, -0.15) is 0 Å². The van der Waals surface area contributed by atoms with Gasteiger partial charge in [0.15, 0.2) is 11.8 Å². The topological polar surface area (TPSA) is 47.7 Å². The first-order valence-electron chi connectivity index (χ1n) is 13.2. The van der Waals surface area contributed by atoms with Gasteiger partial charge < -0.3 is 28.4 Å². The number of fused-ring (bicyclic) bond motifs is 6. The third kappa shape index (κ3) is 4.24. The van der Waals surface area contributed by atoms with Crippen molar-refractivity contribution in [1.82, 2.24) is 23.9 Å². The average Bonchev–Trinajstić information content (AvgIpc) is 3.38. The molecule has 36 heavy (non-hydrogen) atoms. The van der Waals surface area contributed by atoms with Gasteiger partial charge in [-0.05, 0) is 52.5 Å². The van der Waals surface area contributed by atoms with Gasteiger partial charge in [-0.1, -0.05) is 18.2 Å². The number of likely N-dealkylation sites (N-methyl/N-ethyl adjacent to an activating group) is 2. The van der Waals surface area contributed by atoms with Crippen LogP contribution >= 0.6 is 0 Å². The molecule has 5 heterocycles. The molecule has 2 aliphatic heterocycles. The van der Waals surface area contributed by atoms with Crippen molar-refractivity contribution in [3.63, 3.8) is 0 Å². The van der Waals surface area contributed by atoms with Crippen LogP contribution in [0.2, 0.25) is 0 Å². The summed E-state index contributed by atoms with van der Waals surface area (Å²) in [6, 6.07) is 10.9. The number of hydrogen-bond acceptors (Lipinski definition) is 5. The predicted molar refractivity (Wildman–Crippen MR) is 144 cm³/mol. The van der Waals surface area contributed by atoms with Crippen molar-refractivity contribution in [3.8, 4) is 11.8 Å². The maximum absolute atomic E-state index is 6.43. The lowest BCUT2D eigenvalue weighted by atomic mass is 9.97. The Balaban J connectivity index is 1.16. The Hall–Kier alpha value is -3.03. The van der Waals surface area contributed by atoms with Gasteiger partial charge >= 0.3 is 0 Å². The number of benzene rings is 1. The van der Waals surface area contributed by atoms with E-state index in [1.165, 1.54) is 32.9 Å². The number of aromatic nitrogens is 3.